The molecule has 0 heterocycles. The van der Waals surface area contributed by atoms with E-state index < -0.39 is 9.71 Å². The lowest BCUT2D eigenvalue weighted by Gasteiger charge is -2.27. The zero-order chi connectivity index (χ0) is 16.3. The van der Waals surface area contributed by atoms with Crippen LogP contribution in [0.1, 0.15) is 24.0 Å². The number of alkyl halides is 3. The smallest absolute Gasteiger partial charge is 0.201 e. The SMILES string of the molecule is CCOc1ccc(N)c(C(c2ccc(O)cc2)C(Cl)(Cl)Cl)c1. The Morgan fingerprint density at radius 3 is 2.32 bits per heavy atom. The minimum atomic E-state index is -1.60. The van der Waals surface area contributed by atoms with Crippen molar-refractivity contribution in [2.45, 2.75) is 16.6 Å². The molecule has 118 valence electrons. The van der Waals surface area contributed by atoms with Crippen LogP contribution in [-0.4, -0.2) is 15.5 Å². The topological polar surface area (TPSA) is 55.5 Å². The molecule has 3 N–H and O–H groups in total. The van der Waals surface area contributed by atoms with Gasteiger partial charge in [-0.15, -0.1) is 0 Å². The third kappa shape index (κ3) is 3.92. The van der Waals surface area contributed by atoms with Crippen LogP contribution in [-0.2, 0) is 0 Å². The number of phenols is 1. The molecule has 0 saturated heterocycles. The Balaban J connectivity index is 2.55. The summed E-state index contributed by atoms with van der Waals surface area (Å²) >= 11 is 18.5. The number of anilines is 1. The molecule has 0 aliphatic rings. The number of ether oxygens (including phenoxy) is 1. The highest BCUT2D eigenvalue weighted by Crippen LogP contribution is 2.48. The zero-order valence-electron chi connectivity index (χ0n) is 11.9. The number of hydrogen-bond acceptors (Lipinski definition) is 3. The lowest BCUT2D eigenvalue weighted by atomic mass is 9.91. The van der Waals surface area contributed by atoms with Gasteiger partial charge in [-0.05, 0) is 48.4 Å². The van der Waals surface area contributed by atoms with Crippen molar-refractivity contribution < 1.29 is 9.84 Å². The molecule has 1 atom stereocenters. The fourth-order valence-electron chi connectivity index (χ4n) is 2.27. The highest BCUT2D eigenvalue weighted by atomic mass is 35.6. The molecule has 2 rings (SSSR count). The van der Waals surface area contributed by atoms with Crippen LogP contribution in [0, 0.1) is 0 Å². The van der Waals surface area contributed by atoms with Gasteiger partial charge in [-0.1, -0.05) is 46.9 Å². The number of rotatable bonds is 4. The van der Waals surface area contributed by atoms with E-state index in [-0.39, 0.29) is 5.75 Å². The van der Waals surface area contributed by atoms with Gasteiger partial charge < -0.3 is 15.6 Å². The van der Waals surface area contributed by atoms with Crippen molar-refractivity contribution in [3.8, 4) is 11.5 Å². The molecule has 0 aromatic heterocycles. The second-order valence-electron chi connectivity index (χ2n) is 4.79. The minimum absolute atomic E-state index is 0.142. The predicted molar refractivity (Wildman–Crippen MR) is 92.3 cm³/mol. The molecule has 0 radical (unpaired) electrons. The van der Waals surface area contributed by atoms with Crippen molar-refractivity contribution in [3.63, 3.8) is 0 Å². The van der Waals surface area contributed by atoms with E-state index in [1.54, 1.807) is 42.5 Å². The Kier molecular flexibility index (Phi) is 5.32. The largest absolute Gasteiger partial charge is 0.508 e. The summed E-state index contributed by atoms with van der Waals surface area (Å²) in [4.78, 5) is 0. The van der Waals surface area contributed by atoms with Gasteiger partial charge in [0.25, 0.3) is 0 Å². The highest BCUT2D eigenvalue weighted by molar-refractivity contribution is 6.68. The number of nitrogen functional groups attached to an aromatic ring is 1. The van der Waals surface area contributed by atoms with E-state index in [0.29, 0.717) is 23.6 Å². The second kappa shape index (κ2) is 6.86. The summed E-state index contributed by atoms with van der Waals surface area (Å²) in [5.74, 6) is 0.214. The maximum absolute atomic E-state index is 9.44. The van der Waals surface area contributed by atoms with Crippen LogP contribution < -0.4 is 10.5 Å². The van der Waals surface area contributed by atoms with Crippen molar-refractivity contribution in [1.29, 1.82) is 0 Å². The van der Waals surface area contributed by atoms with Gasteiger partial charge in [0.05, 0.1) is 12.5 Å². The zero-order valence-corrected chi connectivity index (χ0v) is 14.2. The van der Waals surface area contributed by atoms with Crippen LogP contribution in [0.2, 0.25) is 0 Å². The molecule has 0 amide bonds. The molecular weight excluding hydrogens is 345 g/mol. The molecule has 22 heavy (non-hydrogen) atoms. The van der Waals surface area contributed by atoms with Crippen LogP contribution in [0.25, 0.3) is 0 Å². The van der Waals surface area contributed by atoms with Crippen molar-refractivity contribution in [3.05, 3.63) is 53.6 Å². The first kappa shape index (κ1) is 17.1. The molecule has 0 bridgehead atoms. The van der Waals surface area contributed by atoms with Crippen LogP contribution in [0.4, 0.5) is 5.69 Å². The summed E-state index contributed by atoms with van der Waals surface area (Å²) < 4.78 is 3.89. The summed E-state index contributed by atoms with van der Waals surface area (Å²) in [6, 6.07) is 11.8. The average molecular weight is 361 g/mol. The average Bonchev–Trinajstić information content (AvgIpc) is 2.43. The number of nitrogens with two attached hydrogens (primary N) is 1. The lowest BCUT2D eigenvalue weighted by Crippen LogP contribution is -2.20. The summed E-state index contributed by atoms with van der Waals surface area (Å²) in [6.07, 6.45) is 0. The van der Waals surface area contributed by atoms with Crippen molar-refractivity contribution in [2.24, 2.45) is 0 Å². The van der Waals surface area contributed by atoms with E-state index in [0.717, 1.165) is 5.56 Å². The van der Waals surface area contributed by atoms with E-state index in [1.165, 1.54) is 0 Å². The Bertz CT molecular complexity index is 639. The summed E-state index contributed by atoms with van der Waals surface area (Å²) in [6.45, 7) is 2.42. The Hall–Kier alpha value is -1.29. The molecule has 6 heteroatoms. The van der Waals surface area contributed by atoms with Gasteiger partial charge in [-0.3, -0.25) is 0 Å². The van der Waals surface area contributed by atoms with Gasteiger partial charge in [-0.2, -0.15) is 0 Å². The van der Waals surface area contributed by atoms with E-state index in [9.17, 15) is 5.11 Å². The monoisotopic (exact) mass is 359 g/mol. The van der Waals surface area contributed by atoms with Crippen LogP contribution in [0.5, 0.6) is 11.5 Å². The van der Waals surface area contributed by atoms with Gasteiger partial charge in [-0.25, -0.2) is 0 Å². The predicted octanol–water partition coefficient (Wildman–Crippen LogP) is 4.88. The van der Waals surface area contributed by atoms with Crippen molar-refractivity contribution in [2.75, 3.05) is 12.3 Å². The first-order chi connectivity index (χ1) is 10.3. The number of phenolic OH excluding ortho intramolecular Hbond substituents is 1. The molecule has 2 aromatic carbocycles. The van der Waals surface area contributed by atoms with Gasteiger partial charge in [0.15, 0.2) is 0 Å². The number of hydrogen-bond donors (Lipinski definition) is 2. The number of aromatic hydroxyl groups is 1. The molecule has 0 aliphatic carbocycles. The lowest BCUT2D eigenvalue weighted by molar-refractivity contribution is 0.340. The maximum Gasteiger partial charge on any atom is 0.201 e. The number of halogens is 3. The first-order valence-corrected chi connectivity index (χ1v) is 7.84. The molecule has 0 saturated carbocycles. The van der Waals surface area contributed by atoms with Crippen LogP contribution in [0.3, 0.4) is 0 Å². The Morgan fingerprint density at radius 2 is 1.77 bits per heavy atom. The first-order valence-electron chi connectivity index (χ1n) is 6.70. The summed E-state index contributed by atoms with van der Waals surface area (Å²) in [7, 11) is 0. The Morgan fingerprint density at radius 1 is 1.14 bits per heavy atom. The van der Waals surface area contributed by atoms with Crippen molar-refractivity contribution in [1.82, 2.24) is 0 Å². The maximum atomic E-state index is 9.44. The number of benzene rings is 2. The van der Waals surface area contributed by atoms with E-state index >= 15 is 0 Å². The van der Waals surface area contributed by atoms with Gasteiger partial charge in [0, 0.05) is 5.69 Å². The molecule has 2 aromatic rings. The molecular formula is C16H16Cl3NO2. The van der Waals surface area contributed by atoms with Crippen molar-refractivity contribution >= 4 is 40.5 Å². The minimum Gasteiger partial charge on any atom is -0.508 e. The third-order valence-electron chi connectivity index (χ3n) is 3.23. The molecule has 3 nitrogen and oxygen atoms in total. The van der Waals surface area contributed by atoms with Crippen LogP contribution in [0.15, 0.2) is 42.5 Å². The Labute approximate surface area is 144 Å². The van der Waals surface area contributed by atoms with E-state index in [2.05, 4.69) is 0 Å². The molecule has 0 fully saturated rings. The second-order valence-corrected chi connectivity index (χ2v) is 7.16. The fourth-order valence-corrected chi connectivity index (χ4v) is 3.00. The van der Waals surface area contributed by atoms with E-state index in [4.69, 9.17) is 45.3 Å². The van der Waals surface area contributed by atoms with Gasteiger partial charge in [0.2, 0.25) is 3.79 Å². The fraction of sp³-hybridized carbons (Fsp3) is 0.250. The summed E-state index contributed by atoms with van der Waals surface area (Å²) in [5.41, 5.74) is 7.97. The van der Waals surface area contributed by atoms with Crippen LogP contribution >= 0.6 is 34.8 Å². The molecule has 0 aliphatic heterocycles. The molecule has 1 unspecified atom stereocenters. The van der Waals surface area contributed by atoms with Gasteiger partial charge >= 0.3 is 0 Å². The summed E-state index contributed by atoms with van der Waals surface area (Å²) in [5, 5.41) is 9.44. The standard InChI is InChI=1S/C16H16Cl3NO2/c1-2-22-12-7-8-14(20)13(9-12)15(16(17,18)19)10-3-5-11(21)6-4-10/h3-9,15,21H,2,20H2,1H3. The highest BCUT2D eigenvalue weighted by Gasteiger charge is 2.36. The quantitative estimate of drug-likeness (QED) is 0.604. The third-order valence-corrected chi connectivity index (χ3v) is 3.89. The van der Waals surface area contributed by atoms with Gasteiger partial charge in [0.1, 0.15) is 11.5 Å². The van der Waals surface area contributed by atoms with E-state index in [1.807, 2.05) is 6.92 Å². The molecule has 0 spiro atoms. The normalized spacial score (nSPS) is 12.9.